The third-order valence-electron chi connectivity index (χ3n) is 2.73. The topological polar surface area (TPSA) is 46.2 Å². The van der Waals surface area contributed by atoms with Crippen molar-refractivity contribution in [3.05, 3.63) is 0 Å². The van der Waals surface area contributed by atoms with Gasteiger partial charge in [-0.25, -0.2) is 8.42 Å². The van der Waals surface area contributed by atoms with Crippen LogP contribution in [0, 0.1) is 5.41 Å². The molecule has 0 aromatic rings. The summed E-state index contributed by atoms with van der Waals surface area (Å²) in [5.74, 6) is 0.928. The SMILES string of the molecule is CS(=O)(=O)CCNCC1(CCCl)CC1. The summed E-state index contributed by atoms with van der Waals surface area (Å²) in [7, 11) is -2.82. The van der Waals surface area contributed by atoms with E-state index in [-0.39, 0.29) is 5.75 Å². The Kier molecular flexibility index (Phi) is 4.22. The number of halogens is 1. The molecule has 1 rings (SSSR count). The third kappa shape index (κ3) is 4.62. The van der Waals surface area contributed by atoms with Gasteiger partial charge in [0.15, 0.2) is 0 Å². The zero-order valence-electron chi connectivity index (χ0n) is 8.55. The minimum absolute atomic E-state index is 0.226. The molecule has 0 aromatic carbocycles. The molecule has 0 atom stereocenters. The first-order valence-corrected chi connectivity index (χ1v) is 7.51. The number of sulfone groups is 1. The fraction of sp³-hybridized carbons (Fsp3) is 1.00. The van der Waals surface area contributed by atoms with Crippen LogP contribution in [0.4, 0.5) is 0 Å². The van der Waals surface area contributed by atoms with Gasteiger partial charge in [0.05, 0.1) is 5.75 Å². The monoisotopic (exact) mass is 239 g/mol. The second-order valence-corrected chi connectivity index (χ2v) is 6.88. The molecule has 0 unspecified atom stereocenters. The summed E-state index contributed by atoms with van der Waals surface area (Å²) < 4.78 is 21.7. The van der Waals surface area contributed by atoms with Crippen LogP contribution in [-0.2, 0) is 9.84 Å². The van der Waals surface area contributed by atoms with Crippen molar-refractivity contribution in [2.45, 2.75) is 19.3 Å². The van der Waals surface area contributed by atoms with Gasteiger partial charge in [-0.1, -0.05) is 0 Å². The van der Waals surface area contributed by atoms with Crippen molar-refractivity contribution in [1.82, 2.24) is 5.32 Å². The van der Waals surface area contributed by atoms with Crippen molar-refractivity contribution < 1.29 is 8.42 Å². The lowest BCUT2D eigenvalue weighted by molar-refractivity contribution is 0.453. The minimum atomic E-state index is -2.82. The molecule has 1 N–H and O–H groups in total. The Bertz CT molecular complexity index is 273. The lowest BCUT2D eigenvalue weighted by Crippen LogP contribution is -2.28. The van der Waals surface area contributed by atoms with E-state index >= 15 is 0 Å². The van der Waals surface area contributed by atoms with Crippen LogP contribution >= 0.6 is 11.6 Å². The van der Waals surface area contributed by atoms with Crippen molar-refractivity contribution in [2.75, 3.05) is 31.0 Å². The average Bonchev–Trinajstić information content (AvgIpc) is 2.79. The maximum absolute atomic E-state index is 10.8. The van der Waals surface area contributed by atoms with Crippen molar-refractivity contribution in [2.24, 2.45) is 5.41 Å². The molecule has 1 aliphatic carbocycles. The fourth-order valence-electron chi connectivity index (χ4n) is 1.50. The van der Waals surface area contributed by atoms with E-state index in [0.717, 1.165) is 13.0 Å². The molecule has 0 amide bonds. The van der Waals surface area contributed by atoms with Crippen LogP contribution < -0.4 is 5.32 Å². The summed E-state index contributed by atoms with van der Waals surface area (Å²) in [5, 5.41) is 3.19. The molecule has 84 valence electrons. The summed E-state index contributed by atoms with van der Waals surface area (Å²) in [6, 6.07) is 0. The summed E-state index contributed by atoms with van der Waals surface area (Å²) in [6.45, 7) is 1.47. The van der Waals surface area contributed by atoms with E-state index in [0.29, 0.717) is 17.8 Å². The van der Waals surface area contributed by atoms with Gasteiger partial charge in [-0.2, -0.15) is 0 Å². The van der Waals surface area contributed by atoms with Crippen LogP contribution in [0.5, 0.6) is 0 Å². The van der Waals surface area contributed by atoms with Gasteiger partial charge in [0.1, 0.15) is 9.84 Å². The van der Waals surface area contributed by atoms with Gasteiger partial charge in [-0.15, -0.1) is 11.6 Å². The molecule has 5 heteroatoms. The van der Waals surface area contributed by atoms with Crippen molar-refractivity contribution in [3.63, 3.8) is 0 Å². The van der Waals surface area contributed by atoms with E-state index in [1.54, 1.807) is 0 Å². The highest BCUT2D eigenvalue weighted by Crippen LogP contribution is 2.48. The summed E-state index contributed by atoms with van der Waals surface area (Å²) in [6.07, 6.45) is 4.76. The van der Waals surface area contributed by atoms with Gasteiger partial charge in [-0.05, 0) is 24.7 Å². The minimum Gasteiger partial charge on any atom is -0.315 e. The van der Waals surface area contributed by atoms with Crippen molar-refractivity contribution in [3.8, 4) is 0 Å². The highest BCUT2D eigenvalue weighted by Gasteiger charge is 2.40. The normalized spacial score (nSPS) is 19.6. The van der Waals surface area contributed by atoms with E-state index in [2.05, 4.69) is 5.32 Å². The Morgan fingerprint density at radius 3 is 2.50 bits per heavy atom. The predicted octanol–water partition coefficient (Wildman–Crippen LogP) is 1.03. The number of alkyl halides is 1. The number of nitrogens with one attached hydrogen (secondary N) is 1. The molecule has 0 bridgehead atoms. The molecule has 0 aliphatic heterocycles. The van der Waals surface area contributed by atoms with Crippen LogP contribution in [0.1, 0.15) is 19.3 Å². The van der Waals surface area contributed by atoms with E-state index in [4.69, 9.17) is 11.6 Å². The molecule has 1 aliphatic rings. The van der Waals surface area contributed by atoms with Crippen molar-refractivity contribution in [1.29, 1.82) is 0 Å². The lowest BCUT2D eigenvalue weighted by Gasteiger charge is -2.13. The predicted molar refractivity (Wildman–Crippen MR) is 59.6 cm³/mol. The molecule has 3 nitrogen and oxygen atoms in total. The summed E-state index contributed by atoms with van der Waals surface area (Å²) in [5.41, 5.74) is 0.388. The first-order chi connectivity index (χ1) is 6.47. The van der Waals surface area contributed by atoms with Crippen molar-refractivity contribution >= 4 is 21.4 Å². The molecule has 1 saturated carbocycles. The molecule has 0 radical (unpaired) electrons. The quantitative estimate of drug-likeness (QED) is 0.533. The van der Waals surface area contributed by atoms with E-state index in [9.17, 15) is 8.42 Å². The Morgan fingerprint density at radius 1 is 1.43 bits per heavy atom. The smallest absolute Gasteiger partial charge is 0.148 e. The van der Waals surface area contributed by atoms with Crippen LogP contribution in [-0.4, -0.2) is 39.4 Å². The molecule has 0 heterocycles. The van der Waals surface area contributed by atoms with Gasteiger partial charge < -0.3 is 5.32 Å². The second-order valence-electron chi connectivity index (χ2n) is 4.25. The molecule has 0 spiro atoms. The molecule has 1 fully saturated rings. The van der Waals surface area contributed by atoms with Gasteiger partial charge in [0.2, 0.25) is 0 Å². The van der Waals surface area contributed by atoms with Crippen LogP contribution in [0.15, 0.2) is 0 Å². The largest absolute Gasteiger partial charge is 0.315 e. The molecule has 0 saturated heterocycles. The van der Waals surface area contributed by atoms with E-state index in [1.807, 2.05) is 0 Å². The fourth-order valence-corrected chi connectivity index (χ4v) is 2.42. The number of hydrogen-bond acceptors (Lipinski definition) is 3. The Morgan fingerprint density at radius 2 is 2.07 bits per heavy atom. The third-order valence-corrected chi connectivity index (χ3v) is 3.87. The van der Waals surface area contributed by atoms with Crippen LogP contribution in [0.25, 0.3) is 0 Å². The summed E-state index contributed by atoms with van der Waals surface area (Å²) in [4.78, 5) is 0. The second kappa shape index (κ2) is 4.81. The molecular weight excluding hydrogens is 222 g/mol. The standard InChI is InChI=1S/C9H18ClNO2S/c1-14(12,13)7-6-11-8-9(2-3-9)4-5-10/h11H,2-8H2,1H3. The maximum atomic E-state index is 10.8. The van der Waals surface area contributed by atoms with Gasteiger partial charge >= 0.3 is 0 Å². The van der Waals surface area contributed by atoms with Gasteiger partial charge in [-0.3, -0.25) is 0 Å². The first-order valence-electron chi connectivity index (χ1n) is 4.92. The molecule has 14 heavy (non-hydrogen) atoms. The van der Waals surface area contributed by atoms with Crippen LogP contribution in [0.3, 0.4) is 0 Å². The zero-order chi connectivity index (χ0) is 10.7. The molecule has 0 aromatic heterocycles. The Labute approximate surface area is 91.1 Å². The molecular formula is C9H18ClNO2S. The zero-order valence-corrected chi connectivity index (χ0v) is 10.1. The summed E-state index contributed by atoms with van der Waals surface area (Å²) >= 11 is 5.69. The highest BCUT2D eigenvalue weighted by atomic mass is 35.5. The lowest BCUT2D eigenvalue weighted by atomic mass is 10.0. The highest BCUT2D eigenvalue weighted by molar-refractivity contribution is 7.90. The maximum Gasteiger partial charge on any atom is 0.148 e. The Balaban J connectivity index is 2.10. The first kappa shape index (κ1) is 12.3. The number of rotatable bonds is 7. The van der Waals surface area contributed by atoms with Crippen LogP contribution in [0.2, 0.25) is 0 Å². The van der Waals surface area contributed by atoms with E-state index in [1.165, 1.54) is 19.1 Å². The average molecular weight is 240 g/mol. The number of hydrogen-bond donors (Lipinski definition) is 1. The van der Waals surface area contributed by atoms with E-state index < -0.39 is 9.84 Å². The Hall–Kier alpha value is 0.200. The van der Waals surface area contributed by atoms with Gasteiger partial charge in [0, 0.05) is 25.2 Å². The van der Waals surface area contributed by atoms with Gasteiger partial charge in [0.25, 0.3) is 0 Å².